The van der Waals surface area contributed by atoms with E-state index >= 15 is 0 Å². The molecule has 0 bridgehead atoms. The van der Waals surface area contributed by atoms with E-state index in [1.807, 2.05) is 12.1 Å². The number of amides is 1. The lowest BCUT2D eigenvalue weighted by Gasteiger charge is -2.16. The Morgan fingerprint density at radius 1 is 0.938 bits per heavy atom. The molecule has 8 heteroatoms. The lowest BCUT2D eigenvalue weighted by molar-refractivity contribution is -0.114. The van der Waals surface area contributed by atoms with E-state index in [4.69, 9.17) is 0 Å². The molecule has 32 heavy (non-hydrogen) atoms. The van der Waals surface area contributed by atoms with Crippen LogP contribution in [-0.4, -0.2) is 16.0 Å². The largest absolute Gasteiger partial charge is 0.507 e. The average molecular weight is 428 g/mol. The number of benzene rings is 2. The van der Waals surface area contributed by atoms with Gasteiger partial charge in [-0.1, -0.05) is 18.2 Å². The van der Waals surface area contributed by atoms with Gasteiger partial charge in [-0.2, -0.15) is 0 Å². The number of pyridine rings is 1. The van der Waals surface area contributed by atoms with Gasteiger partial charge in [-0.3, -0.25) is 19.4 Å². The van der Waals surface area contributed by atoms with Crippen molar-refractivity contribution in [1.29, 1.82) is 0 Å². The Morgan fingerprint density at radius 3 is 2.50 bits per heavy atom. The van der Waals surface area contributed by atoms with Crippen LogP contribution in [0.5, 0.6) is 5.75 Å². The maximum atomic E-state index is 12.2. The van der Waals surface area contributed by atoms with Crippen molar-refractivity contribution in [2.24, 2.45) is 0 Å². The topological polar surface area (TPSA) is 120 Å². The molecule has 0 fully saturated rings. The van der Waals surface area contributed by atoms with Gasteiger partial charge in [-0.15, -0.1) is 0 Å². The van der Waals surface area contributed by atoms with Crippen LogP contribution in [0.25, 0.3) is 11.3 Å². The van der Waals surface area contributed by atoms with Gasteiger partial charge >= 0.3 is 0 Å². The number of hydrogen-bond acceptors (Lipinski definition) is 7. The van der Waals surface area contributed by atoms with E-state index in [0.29, 0.717) is 29.2 Å². The summed E-state index contributed by atoms with van der Waals surface area (Å²) in [6, 6.07) is 17.3. The highest BCUT2D eigenvalue weighted by Crippen LogP contribution is 2.32. The molecule has 160 valence electrons. The number of phenols is 1. The Balaban J connectivity index is 1.53. The van der Waals surface area contributed by atoms with E-state index in [0.717, 1.165) is 5.56 Å². The number of nitrogens with zero attached hydrogens (tertiary/aromatic N) is 1. The molecule has 0 spiro atoms. The predicted octanol–water partition coefficient (Wildman–Crippen LogP) is 3.36. The third-order valence-corrected chi connectivity index (χ3v) is 4.83. The van der Waals surface area contributed by atoms with Crippen LogP contribution in [0.15, 0.2) is 76.4 Å². The maximum absolute atomic E-state index is 12.2. The zero-order valence-corrected chi connectivity index (χ0v) is 17.2. The number of rotatable bonds is 7. The van der Waals surface area contributed by atoms with Gasteiger partial charge in [0, 0.05) is 36.6 Å². The first-order valence-electron chi connectivity index (χ1n) is 9.87. The molecular weight excluding hydrogens is 408 g/mol. The summed E-state index contributed by atoms with van der Waals surface area (Å²) in [5.41, 5.74) is 2.21. The van der Waals surface area contributed by atoms with Crippen LogP contribution < -0.4 is 26.8 Å². The second-order valence-electron chi connectivity index (χ2n) is 7.22. The van der Waals surface area contributed by atoms with E-state index in [9.17, 15) is 19.5 Å². The fraction of sp³-hybridized carbons (Fsp3) is 0.0833. The summed E-state index contributed by atoms with van der Waals surface area (Å²) in [6.45, 7) is 1.72. The van der Waals surface area contributed by atoms with E-state index in [1.54, 1.807) is 48.7 Å². The van der Waals surface area contributed by atoms with Crippen molar-refractivity contribution in [3.05, 3.63) is 92.9 Å². The van der Waals surface area contributed by atoms with Gasteiger partial charge in [0.15, 0.2) is 0 Å². The highest BCUT2D eigenvalue weighted by molar-refractivity contribution is 5.88. The Kier molecular flexibility index (Phi) is 5.67. The number of nitrogens with one attached hydrogen (secondary N) is 3. The molecule has 4 rings (SSSR count). The molecule has 4 N–H and O–H groups in total. The first-order chi connectivity index (χ1) is 15.4. The van der Waals surface area contributed by atoms with Crippen LogP contribution in [0, 0.1) is 0 Å². The van der Waals surface area contributed by atoms with Gasteiger partial charge in [0.2, 0.25) is 5.91 Å². The van der Waals surface area contributed by atoms with E-state index in [-0.39, 0.29) is 23.0 Å². The van der Waals surface area contributed by atoms with Crippen LogP contribution >= 0.6 is 0 Å². The van der Waals surface area contributed by atoms with Gasteiger partial charge < -0.3 is 21.1 Å². The zero-order valence-electron chi connectivity index (χ0n) is 17.2. The number of carbonyl (C=O) groups is 1. The normalized spacial score (nSPS) is 10.7. The summed E-state index contributed by atoms with van der Waals surface area (Å²) in [4.78, 5) is 39.8. The summed E-state index contributed by atoms with van der Waals surface area (Å²) in [7, 11) is 0. The van der Waals surface area contributed by atoms with E-state index in [1.165, 1.54) is 13.0 Å². The van der Waals surface area contributed by atoms with Gasteiger partial charge in [-0.25, -0.2) is 0 Å². The fourth-order valence-corrected chi connectivity index (χ4v) is 3.32. The molecule has 3 aromatic carbocycles. The Labute approximate surface area is 183 Å². The molecule has 8 nitrogen and oxygen atoms in total. The minimum atomic E-state index is -0.619. The summed E-state index contributed by atoms with van der Waals surface area (Å²) in [6.07, 6.45) is 1.62. The van der Waals surface area contributed by atoms with Crippen molar-refractivity contribution in [2.45, 2.75) is 13.5 Å². The first kappa shape index (κ1) is 20.8. The van der Waals surface area contributed by atoms with Crippen molar-refractivity contribution < 1.29 is 9.90 Å². The second kappa shape index (κ2) is 8.73. The van der Waals surface area contributed by atoms with Crippen LogP contribution in [0.2, 0.25) is 0 Å². The van der Waals surface area contributed by atoms with Crippen molar-refractivity contribution in [3.8, 4) is 17.0 Å². The summed E-state index contributed by atoms with van der Waals surface area (Å²) in [5.74, 6) is -0.125. The predicted molar refractivity (Wildman–Crippen MR) is 124 cm³/mol. The molecule has 0 aliphatic carbocycles. The highest BCUT2D eigenvalue weighted by Gasteiger charge is 2.21. The number of aromatic nitrogens is 1. The molecule has 0 saturated heterocycles. The molecule has 0 unspecified atom stereocenters. The number of aromatic hydroxyl groups is 1. The van der Waals surface area contributed by atoms with Crippen molar-refractivity contribution >= 4 is 28.7 Å². The molecule has 1 amide bonds. The Bertz CT molecular complexity index is 1360. The number of anilines is 4. The minimum Gasteiger partial charge on any atom is -0.507 e. The lowest BCUT2D eigenvalue weighted by Crippen LogP contribution is -2.36. The summed E-state index contributed by atoms with van der Waals surface area (Å²) in [5, 5.41) is 18.9. The van der Waals surface area contributed by atoms with E-state index in [2.05, 4.69) is 20.9 Å². The third kappa shape index (κ3) is 4.34. The molecule has 0 aliphatic heterocycles. The van der Waals surface area contributed by atoms with Gasteiger partial charge in [0.25, 0.3) is 10.9 Å². The van der Waals surface area contributed by atoms with Crippen LogP contribution in [0.1, 0.15) is 12.5 Å². The van der Waals surface area contributed by atoms with Gasteiger partial charge in [0.1, 0.15) is 17.1 Å². The Morgan fingerprint density at radius 2 is 1.75 bits per heavy atom. The maximum Gasteiger partial charge on any atom is 0.253 e. The molecule has 0 saturated carbocycles. The minimum absolute atomic E-state index is 0.0524. The van der Waals surface area contributed by atoms with Gasteiger partial charge in [-0.05, 0) is 48.0 Å². The van der Waals surface area contributed by atoms with E-state index < -0.39 is 10.9 Å². The number of carbonyl (C=O) groups excluding carboxylic acids is 1. The fourth-order valence-electron chi connectivity index (χ4n) is 3.32. The van der Waals surface area contributed by atoms with Crippen LogP contribution in [0.4, 0.5) is 22.7 Å². The standard InChI is InChI=1S/C24H20N4O4/c1-14(29)27-16-6-4-5-15(11-16)13-26-21-22(24(32)23(21)31)28-17-8-9-20(30)18(12-17)19-7-2-3-10-25-19/h2-12,26,28,30H,13H2,1H3,(H,27,29). The second-order valence-corrected chi connectivity index (χ2v) is 7.22. The zero-order chi connectivity index (χ0) is 22.7. The first-order valence-corrected chi connectivity index (χ1v) is 9.87. The number of phenolic OH excluding ortho intramolecular Hbond substituents is 1. The molecule has 0 atom stereocenters. The molecule has 1 aromatic heterocycles. The molecule has 4 aromatic rings. The molecule has 0 radical (unpaired) electrons. The van der Waals surface area contributed by atoms with Crippen LogP contribution in [0.3, 0.4) is 0 Å². The van der Waals surface area contributed by atoms with Crippen molar-refractivity contribution in [3.63, 3.8) is 0 Å². The third-order valence-electron chi connectivity index (χ3n) is 4.83. The number of hydrogen-bond donors (Lipinski definition) is 4. The summed E-state index contributed by atoms with van der Waals surface area (Å²) >= 11 is 0. The molecule has 1 heterocycles. The molecular formula is C24H20N4O4. The molecule has 0 aliphatic rings. The monoisotopic (exact) mass is 428 g/mol. The van der Waals surface area contributed by atoms with Crippen LogP contribution in [-0.2, 0) is 11.3 Å². The van der Waals surface area contributed by atoms with Crippen molar-refractivity contribution in [1.82, 2.24) is 4.98 Å². The Hall–Kier alpha value is -4.46. The average Bonchev–Trinajstić information content (AvgIpc) is 2.79. The SMILES string of the molecule is CC(=O)Nc1cccc(CNc2c(Nc3ccc(O)c(-c4ccccn4)c3)c(=O)c2=O)c1. The summed E-state index contributed by atoms with van der Waals surface area (Å²) < 4.78 is 0. The highest BCUT2D eigenvalue weighted by atomic mass is 16.3. The lowest BCUT2D eigenvalue weighted by atomic mass is 10.1. The van der Waals surface area contributed by atoms with Gasteiger partial charge in [0.05, 0.1) is 5.69 Å². The smallest absolute Gasteiger partial charge is 0.253 e. The quantitative estimate of drug-likeness (QED) is 0.263. The van der Waals surface area contributed by atoms with Crippen molar-refractivity contribution in [2.75, 3.05) is 16.0 Å².